The highest BCUT2D eigenvalue weighted by Crippen LogP contribution is 2.35. The van der Waals surface area contributed by atoms with Crippen LogP contribution in [-0.2, 0) is 24.2 Å². The summed E-state index contributed by atoms with van der Waals surface area (Å²) in [6, 6.07) is 0.309. The van der Waals surface area contributed by atoms with Gasteiger partial charge >= 0.3 is 0 Å². The van der Waals surface area contributed by atoms with Gasteiger partial charge in [0.25, 0.3) is 5.56 Å². The first-order valence-electron chi connectivity index (χ1n) is 10.6. The number of nitrogens with one attached hydrogen (secondary N) is 1. The van der Waals surface area contributed by atoms with Gasteiger partial charge in [-0.3, -0.25) is 14.2 Å². The second kappa shape index (κ2) is 8.99. The molecule has 2 heterocycles. The van der Waals surface area contributed by atoms with Crippen molar-refractivity contribution in [2.45, 2.75) is 88.9 Å². The van der Waals surface area contributed by atoms with E-state index in [1.807, 2.05) is 0 Å². The first kappa shape index (κ1) is 20.0. The number of hydrogen-bond donors (Lipinski definition) is 1. The fourth-order valence-electron chi connectivity index (χ4n) is 4.41. The topological polar surface area (TPSA) is 64.0 Å². The minimum Gasteiger partial charge on any atom is -0.353 e. The van der Waals surface area contributed by atoms with Crippen LogP contribution in [0.3, 0.4) is 0 Å². The van der Waals surface area contributed by atoms with Crippen molar-refractivity contribution >= 4 is 39.2 Å². The predicted molar refractivity (Wildman–Crippen MR) is 117 cm³/mol. The van der Waals surface area contributed by atoms with Crippen molar-refractivity contribution in [3.63, 3.8) is 0 Å². The monoisotopic (exact) mass is 419 g/mol. The molecule has 28 heavy (non-hydrogen) atoms. The number of hydrogen-bond acceptors (Lipinski definition) is 5. The Hall–Kier alpha value is -1.34. The Morgan fingerprint density at radius 2 is 2.00 bits per heavy atom. The second-order valence-electron chi connectivity index (χ2n) is 7.93. The number of carbonyl (C=O) groups is 1. The molecule has 1 amide bonds. The summed E-state index contributed by atoms with van der Waals surface area (Å²) in [6.45, 7) is 2.72. The van der Waals surface area contributed by atoms with Crippen molar-refractivity contribution < 1.29 is 4.79 Å². The highest BCUT2D eigenvalue weighted by atomic mass is 32.2. The summed E-state index contributed by atoms with van der Waals surface area (Å²) in [5, 5.41) is 4.71. The van der Waals surface area contributed by atoms with Gasteiger partial charge in [0, 0.05) is 17.5 Å². The average molecular weight is 420 g/mol. The Kier molecular flexibility index (Phi) is 6.41. The molecule has 7 heteroatoms. The van der Waals surface area contributed by atoms with Crippen molar-refractivity contribution in [1.82, 2.24) is 14.9 Å². The van der Waals surface area contributed by atoms with Gasteiger partial charge in [-0.1, -0.05) is 44.4 Å². The van der Waals surface area contributed by atoms with Gasteiger partial charge in [0.05, 0.1) is 11.1 Å². The molecule has 2 aromatic heterocycles. The average Bonchev–Trinajstić information content (AvgIpc) is 3.16. The first-order chi connectivity index (χ1) is 13.7. The van der Waals surface area contributed by atoms with Crippen LogP contribution in [0.4, 0.5) is 0 Å². The lowest BCUT2D eigenvalue weighted by Gasteiger charge is -2.16. The summed E-state index contributed by atoms with van der Waals surface area (Å²) in [6.07, 6.45) is 11.2. The van der Waals surface area contributed by atoms with Crippen LogP contribution in [0.1, 0.15) is 68.7 Å². The highest BCUT2D eigenvalue weighted by molar-refractivity contribution is 7.99. The Bertz CT molecular complexity index is 910. The summed E-state index contributed by atoms with van der Waals surface area (Å²) < 4.78 is 1.79. The molecule has 4 rings (SSSR count). The minimum atomic E-state index is 0.0583. The lowest BCUT2D eigenvalue weighted by Crippen LogP contribution is -2.35. The number of thioether (sulfide) groups is 1. The van der Waals surface area contributed by atoms with Crippen molar-refractivity contribution in [2.75, 3.05) is 5.75 Å². The number of aryl methyl sites for hydroxylation is 2. The van der Waals surface area contributed by atoms with Crippen LogP contribution in [0.2, 0.25) is 0 Å². The SMILES string of the molecule is CCCn1c(SCC(=O)NC2CCCCCC2)nc2sc3c(c2c1=O)CCC3. The lowest BCUT2D eigenvalue weighted by molar-refractivity contribution is -0.119. The number of fused-ring (bicyclic) bond motifs is 3. The molecule has 2 aliphatic carbocycles. The molecule has 2 aliphatic rings. The molecule has 152 valence electrons. The molecule has 0 atom stereocenters. The Morgan fingerprint density at radius 1 is 1.21 bits per heavy atom. The molecule has 0 spiro atoms. The number of rotatable bonds is 6. The fourth-order valence-corrected chi connectivity index (χ4v) is 6.55. The van der Waals surface area contributed by atoms with Crippen LogP contribution in [0, 0.1) is 0 Å². The molecular formula is C21H29N3O2S2. The Labute approximate surface area is 174 Å². The maximum absolute atomic E-state index is 13.2. The molecule has 0 aromatic carbocycles. The zero-order valence-corrected chi connectivity index (χ0v) is 18.2. The van der Waals surface area contributed by atoms with Crippen LogP contribution in [0.25, 0.3) is 10.2 Å². The van der Waals surface area contributed by atoms with E-state index in [2.05, 4.69) is 12.2 Å². The fraction of sp³-hybridized carbons (Fsp3) is 0.667. The van der Waals surface area contributed by atoms with E-state index in [0.717, 1.165) is 48.7 Å². The lowest BCUT2D eigenvalue weighted by atomic mass is 10.1. The molecule has 1 saturated carbocycles. The van der Waals surface area contributed by atoms with Crippen LogP contribution in [0.5, 0.6) is 0 Å². The highest BCUT2D eigenvalue weighted by Gasteiger charge is 2.23. The van der Waals surface area contributed by atoms with Gasteiger partial charge in [0.2, 0.25) is 5.91 Å². The van der Waals surface area contributed by atoms with Gasteiger partial charge in [-0.25, -0.2) is 4.98 Å². The maximum atomic E-state index is 13.2. The van der Waals surface area contributed by atoms with E-state index in [-0.39, 0.29) is 11.5 Å². The van der Waals surface area contributed by atoms with Crippen LogP contribution >= 0.6 is 23.1 Å². The van der Waals surface area contributed by atoms with E-state index in [9.17, 15) is 9.59 Å². The maximum Gasteiger partial charge on any atom is 0.263 e. The molecule has 1 fully saturated rings. The number of amides is 1. The van der Waals surface area contributed by atoms with Crippen molar-refractivity contribution in [1.29, 1.82) is 0 Å². The van der Waals surface area contributed by atoms with E-state index >= 15 is 0 Å². The third-order valence-corrected chi connectivity index (χ3v) is 7.95. The van der Waals surface area contributed by atoms with Crippen LogP contribution in [-0.4, -0.2) is 27.3 Å². The molecule has 2 aromatic rings. The van der Waals surface area contributed by atoms with Gasteiger partial charge in [0.1, 0.15) is 4.83 Å². The first-order valence-corrected chi connectivity index (χ1v) is 12.4. The molecule has 0 unspecified atom stereocenters. The molecule has 0 bridgehead atoms. The smallest absolute Gasteiger partial charge is 0.263 e. The van der Waals surface area contributed by atoms with Crippen molar-refractivity contribution in [3.05, 3.63) is 20.8 Å². The quantitative estimate of drug-likeness (QED) is 0.431. The largest absolute Gasteiger partial charge is 0.353 e. The van der Waals surface area contributed by atoms with Crippen molar-refractivity contribution in [2.24, 2.45) is 0 Å². The van der Waals surface area contributed by atoms with E-state index in [1.165, 1.54) is 47.9 Å². The van der Waals surface area contributed by atoms with Gasteiger partial charge in [-0.05, 0) is 44.1 Å². The molecule has 0 saturated heterocycles. The summed E-state index contributed by atoms with van der Waals surface area (Å²) in [5.41, 5.74) is 1.31. The zero-order valence-electron chi connectivity index (χ0n) is 16.6. The molecule has 0 aliphatic heterocycles. The van der Waals surface area contributed by atoms with Gasteiger partial charge in [-0.15, -0.1) is 11.3 Å². The predicted octanol–water partition coefficient (Wildman–Crippen LogP) is 4.29. The Morgan fingerprint density at radius 3 is 2.75 bits per heavy atom. The Balaban J connectivity index is 1.52. The van der Waals surface area contributed by atoms with Crippen LogP contribution in [0.15, 0.2) is 9.95 Å². The number of thiophene rings is 1. The van der Waals surface area contributed by atoms with E-state index in [0.29, 0.717) is 23.5 Å². The third kappa shape index (κ3) is 4.15. The van der Waals surface area contributed by atoms with Crippen LogP contribution < -0.4 is 10.9 Å². The number of nitrogens with zero attached hydrogens (tertiary/aromatic N) is 2. The number of carbonyl (C=O) groups excluding carboxylic acids is 1. The van der Waals surface area contributed by atoms with E-state index < -0.39 is 0 Å². The summed E-state index contributed by atoms with van der Waals surface area (Å²) in [5.74, 6) is 0.381. The third-order valence-electron chi connectivity index (χ3n) is 5.79. The molecule has 0 radical (unpaired) electrons. The van der Waals surface area contributed by atoms with Crippen molar-refractivity contribution in [3.8, 4) is 0 Å². The van der Waals surface area contributed by atoms with Gasteiger partial charge in [0.15, 0.2) is 5.16 Å². The summed E-state index contributed by atoms with van der Waals surface area (Å²) >= 11 is 3.07. The van der Waals surface area contributed by atoms with E-state index in [1.54, 1.807) is 15.9 Å². The summed E-state index contributed by atoms with van der Waals surface area (Å²) in [7, 11) is 0. The molecule has 5 nitrogen and oxygen atoms in total. The second-order valence-corrected chi connectivity index (χ2v) is 9.96. The van der Waals surface area contributed by atoms with E-state index in [4.69, 9.17) is 4.98 Å². The van der Waals surface area contributed by atoms with Gasteiger partial charge < -0.3 is 5.32 Å². The summed E-state index contributed by atoms with van der Waals surface area (Å²) in [4.78, 5) is 32.7. The van der Waals surface area contributed by atoms with Gasteiger partial charge in [-0.2, -0.15) is 0 Å². The molecular weight excluding hydrogens is 390 g/mol. The normalized spacial score (nSPS) is 17.6. The minimum absolute atomic E-state index is 0.0583. The molecule has 1 N–H and O–H groups in total. The standard InChI is InChI=1S/C21H29N3O2S2/c1-2-12-24-20(26)18-15-10-7-11-16(15)28-19(18)23-21(24)27-13-17(25)22-14-8-5-3-4-6-9-14/h14H,2-13H2,1H3,(H,22,25). The zero-order chi connectivity index (χ0) is 19.5. The number of aromatic nitrogens is 2.